The van der Waals surface area contributed by atoms with Crippen molar-refractivity contribution in [3.05, 3.63) is 71.8 Å². The van der Waals surface area contributed by atoms with Crippen LogP contribution in [0.5, 0.6) is 11.5 Å². The van der Waals surface area contributed by atoms with Crippen molar-refractivity contribution in [2.75, 3.05) is 37.1 Å². The predicted molar refractivity (Wildman–Crippen MR) is 134 cm³/mol. The summed E-state index contributed by atoms with van der Waals surface area (Å²) < 4.78 is 10.8. The number of nitrogens with zero attached hydrogens (tertiary/aromatic N) is 2. The van der Waals surface area contributed by atoms with Gasteiger partial charge in [0.05, 0.1) is 36.0 Å². The smallest absolute Gasteiger partial charge is 0.120 e. The minimum atomic E-state index is 0.300. The van der Waals surface area contributed by atoms with Crippen LogP contribution in [0.15, 0.2) is 81.6 Å². The van der Waals surface area contributed by atoms with Crippen molar-refractivity contribution in [3.63, 3.8) is 0 Å². The number of anilines is 2. The highest BCUT2D eigenvalue weighted by molar-refractivity contribution is 8.03. The lowest BCUT2D eigenvalue weighted by molar-refractivity contribution is 0.413. The van der Waals surface area contributed by atoms with E-state index in [0.717, 1.165) is 24.6 Å². The monoisotopic (exact) mass is 452 g/mol. The molecule has 162 valence electrons. The number of hydrogen-bond acceptors (Lipinski definition) is 6. The van der Waals surface area contributed by atoms with Crippen LogP contribution in [-0.4, -0.2) is 32.7 Å². The molecule has 6 heteroatoms. The first-order valence-corrected chi connectivity index (χ1v) is 12.2. The highest BCUT2D eigenvalue weighted by Gasteiger charge is 2.27. The van der Waals surface area contributed by atoms with Gasteiger partial charge < -0.3 is 19.3 Å². The number of allylic oxidation sites excluding steroid dienone is 4. The molecule has 31 heavy (non-hydrogen) atoms. The van der Waals surface area contributed by atoms with E-state index in [1.54, 1.807) is 26.0 Å². The number of benzene rings is 2. The fourth-order valence-electron chi connectivity index (χ4n) is 3.80. The largest absolute Gasteiger partial charge is 0.497 e. The molecule has 0 aromatic heterocycles. The fraction of sp³-hybridized carbons (Fsp3) is 0.280. The molecule has 0 aliphatic carbocycles. The fourth-order valence-corrected chi connectivity index (χ4v) is 6.28. The van der Waals surface area contributed by atoms with Crippen molar-refractivity contribution in [2.24, 2.45) is 0 Å². The van der Waals surface area contributed by atoms with E-state index in [1.807, 2.05) is 23.9 Å². The van der Waals surface area contributed by atoms with Gasteiger partial charge in [0.1, 0.15) is 11.5 Å². The Morgan fingerprint density at radius 2 is 1.58 bits per heavy atom. The Morgan fingerprint density at radius 1 is 0.871 bits per heavy atom. The summed E-state index contributed by atoms with van der Waals surface area (Å²) in [5.41, 5.74) is 2.53. The predicted octanol–water partition coefficient (Wildman–Crippen LogP) is 6.55. The van der Waals surface area contributed by atoms with Gasteiger partial charge in [0, 0.05) is 22.9 Å². The molecular weight excluding hydrogens is 424 g/mol. The molecular formula is C25H28N2O2S2. The quantitative estimate of drug-likeness (QED) is 0.442. The van der Waals surface area contributed by atoms with E-state index < -0.39 is 0 Å². The van der Waals surface area contributed by atoms with Gasteiger partial charge in [0.15, 0.2) is 0 Å². The number of rotatable bonds is 7. The Balaban J connectivity index is 1.43. The van der Waals surface area contributed by atoms with E-state index in [9.17, 15) is 0 Å². The van der Waals surface area contributed by atoms with Crippen LogP contribution in [0.1, 0.15) is 13.8 Å². The highest BCUT2D eigenvalue weighted by Crippen LogP contribution is 2.47. The molecule has 2 heterocycles. The summed E-state index contributed by atoms with van der Waals surface area (Å²) in [5, 5.41) is 1.54. The van der Waals surface area contributed by atoms with Crippen molar-refractivity contribution in [2.45, 2.75) is 29.0 Å². The third-order valence-corrected chi connectivity index (χ3v) is 7.71. The van der Waals surface area contributed by atoms with Crippen LogP contribution in [0, 0.1) is 0 Å². The second-order valence-corrected chi connectivity index (χ2v) is 9.30. The number of methoxy groups -OCH3 is 2. The molecule has 2 aromatic carbocycles. The van der Waals surface area contributed by atoms with Gasteiger partial charge in [-0.1, -0.05) is 47.8 Å². The Labute approximate surface area is 193 Å². The molecule has 0 saturated carbocycles. The maximum atomic E-state index is 5.38. The van der Waals surface area contributed by atoms with E-state index >= 15 is 0 Å². The number of thioether (sulfide) groups is 2. The van der Waals surface area contributed by atoms with Crippen LogP contribution in [-0.2, 0) is 0 Å². The van der Waals surface area contributed by atoms with Crippen LogP contribution in [0.25, 0.3) is 0 Å². The molecule has 0 amide bonds. The van der Waals surface area contributed by atoms with Gasteiger partial charge in [0.25, 0.3) is 0 Å². The maximum absolute atomic E-state index is 5.38. The molecule has 2 aliphatic heterocycles. The molecule has 1 atom stereocenters. The Hall–Kier alpha value is -2.44. The second-order valence-electron chi connectivity index (χ2n) is 7.08. The molecule has 0 saturated heterocycles. The molecule has 0 radical (unpaired) electrons. The Kier molecular flexibility index (Phi) is 6.88. The standard InChI is InChI=1S/C25H28N2O2S2/c1-5-26-20-14-12-18(28-3)16-22(20)30-24(26)10-8-7-9-11-25-27(6-2)21-15-13-19(29-4)17-23(21)31-25/h7-17,24H,5-6H2,1-4H3. The third kappa shape index (κ3) is 4.46. The van der Waals surface area contributed by atoms with E-state index in [1.165, 1.54) is 26.2 Å². The van der Waals surface area contributed by atoms with Gasteiger partial charge >= 0.3 is 0 Å². The number of fused-ring (bicyclic) bond motifs is 2. The van der Waals surface area contributed by atoms with Crippen LogP contribution < -0.4 is 19.3 Å². The normalized spacial score (nSPS) is 19.0. The lowest BCUT2D eigenvalue weighted by atomic mass is 10.2. The van der Waals surface area contributed by atoms with Crippen molar-refractivity contribution >= 4 is 34.9 Å². The lowest BCUT2D eigenvalue weighted by Crippen LogP contribution is -2.27. The molecule has 1 unspecified atom stereocenters. The minimum absolute atomic E-state index is 0.300. The first kappa shape index (κ1) is 21.8. The zero-order chi connectivity index (χ0) is 21.8. The summed E-state index contributed by atoms with van der Waals surface area (Å²) in [4.78, 5) is 7.27. The van der Waals surface area contributed by atoms with Crippen LogP contribution >= 0.6 is 23.5 Å². The van der Waals surface area contributed by atoms with Gasteiger partial charge in [0.2, 0.25) is 0 Å². The molecule has 2 aliphatic rings. The van der Waals surface area contributed by atoms with E-state index in [4.69, 9.17) is 9.47 Å². The lowest BCUT2D eigenvalue weighted by Gasteiger charge is -2.22. The van der Waals surface area contributed by atoms with E-state index in [-0.39, 0.29) is 0 Å². The molecule has 4 nitrogen and oxygen atoms in total. The minimum Gasteiger partial charge on any atom is -0.497 e. The van der Waals surface area contributed by atoms with Gasteiger partial charge in [-0.15, -0.1) is 0 Å². The van der Waals surface area contributed by atoms with Gasteiger partial charge in [-0.2, -0.15) is 0 Å². The van der Waals surface area contributed by atoms with E-state index in [0.29, 0.717) is 5.37 Å². The third-order valence-electron chi connectivity index (χ3n) is 5.36. The summed E-state index contributed by atoms with van der Waals surface area (Å²) in [6.45, 7) is 6.29. The van der Waals surface area contributed by atoms with Gasteiger partial charge in [-0.25, -0.2) is 0 Å². The van der Waals surface area contributed by atoms with Gasteiger partial charge in [-0.3, -0.25) is 0 Å². The van der Waals surface area contributed by atoms with Gasteiger partial charge in [-0.05, 0) is 56.3 Å². The topological polar surface area (TPSA) is 24.9 Å². The summed E-state index contributed by atoms with van der Waals surface area (Å²) in [6, 6.07) is 12.6. The SMILES string of the molecule is CCN1C(=CC=CC=CC2Sc3cc(OC)ccc3N2CC)Sc2cc(OC)ccc21. The average Bonchev–Trinajstić information content (AvgIpc) is 3.34. The maximum Gasteiger partial charge on any atom is 0.120 e. The van der Waals surface area contributed by atoms with Crippen LogP contribution in [0.4, 0.5) is 11.4 Å². The Morgan fingerprint density at radius 3 is 2.26 bits per heavy atom. The van der Waals surface area contributed by atoms with Crippen LogP contribution in [0.3, 0.4) is 0 Å². The molecule has 0 spiro atoms. The van der Waals surface area contributed by atoms with Crippen LogP contribution in [0.2, 0.25) is 0 Å². The first-order chi connectivity index (χ1) is 15.2. The highest BCUT2D eigenvalue weighted by atomic mass is 32.2. The molecule has 2 aromatic rings. The molecule has 0 N–H and O–H groups in total. The molecule has 0 fully saturated rings. The summed E-state index contributed by atoms with van der Waals surface area (Å²) in [7, 11) is 3.43. The number of likely N-dealkylation sites (N-methyl/N-ethyl adjacent to an activating group) is 1. The van der Waals surface area contributed by atoms with Crippen molar-refractivity contribution < 1.29 is 9.47 Å². The molecule has 4 rings (SSSR count). The van der Waals surface area contributed by atoms with E-state index in [2.05, 4.69) is 78.3 Å². The zero-order valence-corrected chi connectivity index (χ0v) is 20.0. The number of ether oxygens (including phenoxy) is 2. The summed E-state index contributed by atoms with van der Waals surface area (Å²) in [6.07, 6.45) is 10.8. The Bertz CT molecular complexity index is 1030. The van der Waals surface area contributed by atoms with Crippen molar-refractivity contribution in [1.82, 2.24) is 0 Å². The zero-order valence-electron chi connectivity index (χ0n) is 18.4. The molecule has 0 bridgehead atoms. The summed E-state index contributed by atoms with van der Waals surface area (Å²) in [5.74, 6) is 1.81. The van der Waals surface area contributed by atoms with Crippen molar-refractivity contribution in [1.29, 1.82) is 0 Å². The average molecular weight is 453 g/mol. The summed E-state index contributed by atoms with van der Waals surface area (Å²) >= 11 is 3.65. The second kappa shape index (κ2) is 9.79. The number of hydrogen-bond donors (Lipinski definition) is 0. The van der Waals surface area contributed by atoms with Crippen molar-refractivity contribution in [3.8, 4) is 11.5 Å². The first-order valence-electron chi connectivity index (χ1n) is 10.5.